The molecule has 1 atom stereocenters. The molecule has 0 aromatic rings. The smallest absolute Gasteiger partial charge is 0.373 e. The molecule has 0 radical (unpaired) electrons. The second-order valence-corrected chi connectivity index (χ2v) is 1.61. The van der Waals surface area contributed by atoms with Gasteiger partial charge in [0.25, 0.3) is 0 Å². The van der Waals surface area contributed by atoms with E-state index in [2.05, 4.69) is 0 Å². The Morgan fingerprint density at radius 2 is 1.46 bits per heavy atom. The van der Waals surface area contributed by atoms with Gasteiger partial charge in [0.05, 0.1) is 12.5 Å². The largest absolute Gasteiger partial charge is 0.481 e. The highest BCUT2D eigenvalue weighted by molar-refractivity contribution is 5.67. The van der Waals surface area contributed by atoms with E-state index in [0.717, 1.165) is 0 Å². The topological polar surface area (TPSA) is 126 Å². The molecule has 0 aromatic heterocycles. The van der Waals surface area contributed by atoms with Crippen molar-refractivity contribution in [3.63, 3.8) is 0 Å². The van der Waals surface area contributed by atoms with E-state index < -0.39 is 12.1 Å². The van der Waals surface area contributed by atoms with E-state index >= 15 is 0 Å². The van der Waals surface area contributed by atoms with E-state index in [1.54, 1.807) is 0 Å². The minimum atomic E-state index is -0.963. The molecule has 0 spiro atoms. The van der Waals surface area contributed by atoms with Crippen LogP contribution in [0.25, 0.3) is 0 Å². The molecular weight excluding hydrogens is 184 g/mol. The molecule has 0 rings (SSSR count). The Hall–Kier alpha value is -1.81. The van der Waals surface area contributed by atoms with Gasteiger partial charge in [0.2, 0.25) is 0 Å². The summed E-state index contributed by atoms with van der Waals surface area (Å²) >= 11 is 0. The summed E-state index contributed by atoms with van der Waals surface area (Å²) in [5.74, 6) is -0.963. The first-order valence-corrected chi connectivity index (χ1v) is 2.84. The van der Waals surface area contributed by atoms with Gasteiger partial charge in [0.1, 0.15) is 0 Å². The Kier molecular flexibility index (Phi) is 22.2. The second-order valence-electron chi connectivity index (χ2n) is 1.61. The average molecular weight is 192 g/mol. The summed E-state index contributed by atoms with van der Waals surface area (Å²) in [6.45, 7) is 1.44. The van der Waals surface area contributed by atoms with Gasteiger partial charge in [0.15, 0.2) is 0 Å². The van der Waals surface area contributed by atoms with E-state index in [1.165, 1.54) is 6.92 Å². The zero-order valence-electron chi connectivity index (χ0n) is 6.72. The van der Waals surface area contributed by atoms with Crippen LogP contribution in [0.15, 0.2) is 0 Å². The average Bonchev–Trinajstić information content (AvgIpc) is 1.86. The van der Waals surface area contributed by atoms with Gasteiger partial charge in [-0.3, -0.25) is 4.79 Å². The van der Waals surface area contributed by atoms with E-state index in [4.69, 9.17) is 29.4 Å². The standard InChI is InChI=1S/C4H8O3.2CO2/c1-3(5)2-4(6)7;2*2-1-3/h3,5H,2H2,1H3,(H,6,7);;. The summed E-state index contributed by atoms with van der Waals surface area (Å²) in [5.41, 5.74) is 0. The van der Waals surface area contributed by atoms with Crippen molar-refractivity contribution in [3.8, 4) is 0 Å². The molecule has 0 saturated carbocycles. The second kappa shape index (κ2) is 16.6. The van der Waals surface area contributed by atoms with Crippen LogP contribution < -0.4 is 0 Å². The van der Waals surface area contributed by atoms with Crippen LogP contribution in [0.3, 0.4) is 0 Å². The third kappa shape index (κ3) is 143. The van der Waals surface area contributed by atoms with Crippen LogP contribution >= 0.6 is 0 Å². The molecular formula is C6H8O7. The molecule has 0 aliphatic rings. The number of carbonyl (C=O) groups is 1. The summed E-state index contributed by atoms with van der Waals surface area (Å²) in [7, 11) is 0. The molecule has 74 valence electrons. The van der Waals surface area contributed by atoms with Gasteiger partial charge >= 0.3 is 18.3 Å². The molecule has 0 aliphatic carbocycles. The van der Waals surface area contributed by atoms with Gasteiger partial charge in [-0.25, -0.2) is 0 Å². The summed E-state index contributed by atoms with van der Waals surface area (Å²) in [4.78, 5) is 42.1. The molecule has 13 heavy (non-hydrogen) atoms. The van der Waals surface area contributed by atoms with Gasteiger partial charge in [-0.15, -0.1) is 0 Å². The van der Waals surface area contributed by atoms with Crippen LogP contribution in [0.4, 0.5) is 0 Å². The maximum atomic E-state index is 9.65. The predicted octanol–water partition coefficient (Wildman–Crippen LogP) is -1.33. The van der Waals surface area contributed by atoms with Crippen molar-refractivity contribution in [2.24, 2.45) is 0 Å². The number of aliphatic hydroxyl groups excluding tert-OH is 1. The van der Waals surface area contributed by atoms with Crippen LogP contribution in [0.5, 0.6) is 0 Å². The molecule has 0 bridgehead atoms. The van der Waals surface area contributed by atoms with Crippen molar-refractivity contribution in [3.05, 3.63) is 0 Å². The Labute approximate surface area is 73.0 Å². The molecule has 0 heterocycles. The highest BCUT2D eigenvalue weighted by Crippen LogP contribution is 1.85. The molecule has 1 unspecified atom stereocenters. The molecule has 0 fully saturated rings. The van der Waals surface area contributed by atoms with Gasteiger partial charge in [-0.2, -0.15) is 19.2 Å². The number of carboxylic acids is 1. The lowest BCUT2D eigenvalue weighted by Gasteiger charge is -1.94. The van der Waals surface area contributed by atoms with Crippen LogP contribution in [0, 0.1) is 0 Å². The van der Waals surface area contributed by atoms with Gasteiger partial charge in [0, 0.05) is 0 Å². The molecule has 2 N–H and O–H groups in total. The molecule has 0 aromatic carbocycles. The van der Waals surface area contributed by atoms with E-state index in [-0.39, 0.29) is 18.7 Å². The van der Waals surface area contributed by atoms with Gasteiger partial charge in [-0.1, -0.05) is 0 Å². The van der Waals surface area contributed by atoms with Crippen LogP contribution in [0.1, 0.15) is 13.3 Å². The quantitative estimate of drug-likeness (QED) is 0.555. The number of carboxylic acid groups (broad SMARTS) is 1. The molecule has 0 amide bonds. The lowest BCUT2D eigenvalue weighted by molar-refractivity contribution is -0.193. The molecule has 7 heteroatoms. The van der Waals surface area contributed by atoms with E-state index in [1.807, 2.05) is 0 Å². The summed E-state index contributed by atoms with van der Waals surface area (Å²) < 4.78 is 0. The minimum absolute atomic E-state index is 0.167. The molecule has 0 aliphatic heterocycles. The highest BCUT2D eigenvalue weighted by Gasteiger charge is 2.00. The monoisotopic (exact) mass is 192 g/mol. The van der Waals surface area contributed by atoms with Crippen LogP contribution in [-0.4, -0.2) is 34.6 Å². The Bertz CT molecular complexity index is 171. The fourth-order valence-corrected chi connectivity index (χ4v) is 0.253. The number of aliphatic carboxylic acids is 1. The Morgan fingerprint density at radius 3 is 1.46 bits per heavy atom. The fourth-order valence-electron chi connectivity index (χ4n) is 0.253. The third-order valence-electron chi connectivity index (χ3n) is 0.470. The molecule has 7 nitrogen and oxygen atoms in total. The van der Waals surface area contributed by atoms with Crippen molar-refractivity contribution in [1.29, 1.82) is 0 Å². The number of carbonyl (C=O) groups excluding carboxylic acids is 4. The van der Waals surface area contributed by atoms with Crippen molar-refractivity contribution in [2.75, 3.05) is 0 Å². The van der Waals surface area contributed by atoms with E-state index in [0.29, 0.717) is 0 Å². The Balaban J connectivity index is -0.000000140. The summed E-state index contributed by atoms with van der Waals surface area (Å²) in [5, 5.41) is 16.3. The lowest BCUT2D eigenvalue weighted by atomic mass is 10.3. The maximum absolute atomic E-state index is 9.65. The van der Waals surface area contributed by atoms with Crippen LogP contribution in [0.2, 0.25) is 0 Å². The highest BCUT2D eigenvalue weighted by atomic mass is 16.4. The van der Waals surface area contributed by atoms with Crippen molar-refractivity contribution < 1.29 is 34.2 Å². The third-order valence-corrected chi connectivity index (χ3v) is 0.470. The van der Waals surface area contributed by atoms with Gasteiger partial charge in [-0.05, 0) is 6.92 Å². The fraction of sp³-hybridized carbons (Fsp3) is 0.500. The Morgan fingerprint density at radius 1 is 1.23 bits per heavy atom. The van der Waals surface area contributed by atoms with Crippen molar-refractivity contribution in [1.82, 2.24) is 0 Å². The van der Waals surface area contributed by atoms with E-state index in [9.17, 15) is 4.79 Å². The minimum Gasteiger partial charge on any atom is -0.481 e. The predicted molar refractivity (Wildman–Crippen MR) is 33.9 cm³/mol. The first-order valence-electron chi connectivity index (χ1n) is 2.84. The zero-order chi connectivity index (χ0) is 11.3. The van der Waals surface area contributed by atoms with Crippen molar-refractivity contribution in [2.45, 2.75) is 19.4 Å². The number of aliphatic hydroxyl groups is 1. The maximum Gasteiger partial charge on any atom is 0.373 e. The number of hydrogen-bond donors (Lipinski definition) is 2. The number of rotatable bonds is 2. The van der Waals surface area contributed by atoms with Crippen LogP contribution in [-0.2, 0) is 24.0 Å². The lowest BCUT2D eigenvalue weighted by Crippen LogP contribution is -2.07. The van der Waals surface area contributed by atoms with Crippen molar-refractivity contribution >= 4 is 18.3 Å². The van der Waals surface area contributed by atoms with Gasteiger partial charge < -0.3 is 10.2 Å². The normalized spacial score (nSPS) is 8.46. The summed E-state index contributed by atoms with van der Waals surface area (Å²) in [6.07, 6.45) is -0.391. The number of hydrogen-bond acceptors (Lipinski definition) is 6. The SMILES string of the molecule is CC(O)CC(=O)O.O=C=O.O=C=O. The first kappa shape index (κ1) is 17.3. The molecule has 0 saturated heterocycles. The first-order chi connectivity index (χ1) is 5.95. The summed E-state index contributed by atoms with van der Waals surface area (Å²) in [6, 6.07) is 0. The zero-order valence-corrected chi connectivity index (χ0v) is 6.72.